The molecular weight excluding hydrogens is 442 g/mol. The summed E-state index contributed by atoms with van der Waals surface area (Å²) in [5.41, 5.74) is 5.55. The number of ether oxygens (including phenoxy) is 4. The first-order valence-electron chi connectivity index (χ1n) is 8.23. The van der Waals surface area contributed by atoms with Gasteiger partial charge in [-0.3, -0.25) is 23.7 Å². The molecule has 11 nitrogen and oxygen atoms in total. The molecule has 0 aliphatic carbocycles. The first-order chi connectivity index (χ1) is 13.1. The highest BCUT2D eigenvalue weighted by atomic mass is 79.9. The first-order valence-corrected chi connectivity index (χ1v) is 9.02. The zero-order valence-corrected chi connectivity index (χ0v) is 17.0. The lowest BCUT2D eigenvalue weighted by atomic mass is 10.1. The van der Waals surface area contributed by atoms with Crippen molar-refractivity contribution in [2.45, 2.75) is 51.7 Å². The number of amides is 1. The van der Waals surface area contributed by atoms with Crippen molar-refractivity contribution in [1.29, 1.82) is 0 Å². The van der Waals surface area contributed by atoms with Crippen molar-refractivity contribution in [2.75, 3.05) is 6.61 Å². The Kier molecular flexibility index (Phi) is 7.13. The average Bonchev–Trinajstić information content (AvgIpc) is 3.06. The Labute approximate surface area is 168 Å². The number of primary amides is 1. The van der Waals surface area contributed by atoms with Crippen LogP contribution in [0.5, 0.6) is 0 Å². The number of nitrogens with zero attached hydrogens (tertiary/aromatic N) is 2. The molecule has 12 heteroatoms. The molecule has 0 spiro atoms. The second kappa shape index (κ2) is 9.15. The first kappa shape index (κ1) is 21.8. The lowest BCUT2D eigenvalue weighted by molar-refractivity contribution is -0.166. The van der Waals surface area contributed by atoms with E-state index >= 15 is 0 Å². The highest BCUT2D eigenvalue weighted by molar-refractivity contribution is 9.10. The van der Waals surface area contributed by atoms with Crippen molar-refractivity contribution in [3.8, 4) is 0 Å². The third-order valence-corrected chi connectivity index (χ3v) is 4.63. The van der Waals surface area contributed by atoms with Crippen LogP contribution in [0.4, 0.5) is 0 Å². The second-order valence-electron chi connectivity index (χ2n) is 6.05. The van der Waals surface area contributed by atoms with Crippen LogP contribution in [0.25, 0.3) is 0 Å². The summed E-state index contributed by atoms with van der Waals surface area (Å²) >= 11 is 3.32. The summed E-state index contributed by atoms with van der Waals surface area (Å²) < 4.78 is 23.3. The smallest absolute Gasteiger partial charge is 0.303 e. The van der Waals surface area contributed by atoms with Crippen molar-refractivity contribution >= 4 is 39.7 Å². The molecule has 0 aromatic carbocycles. The monoisotopic (exact) mass is 461 g/mol. The Bertz CT molecular complexity index is 780. The maximum absolute atomic E-state index is 11.6. The van der Waals surface area contributed by atoms with E-state index in [1.54, 1.807) is 0 Å². The molecule has 2 heterocycles. The van der Waals surface area contributed by atoms with Crippen LogP contribution in [-0.2, 0) is 44.5 Å². The molecule has 2 N–H and O–H groups in total. The van der Waals surface area contributed by atoms with Crippen LogP contribution >= 0.6 is 15.9 Å². The maximum Gasteiger partial charge on any atom is 0.303 e. The minimum Gasteiger partial charge on any atom is -0.463 e. The minimum absolute atomic E-state index is 0.122. The number of nitrogens with two attached hydrogens (primary N) is 1. The minimum atomic E-state index is -1.05. The topological polar surface area (TPSA) is 149 Å². The number of carbonyl (C=O) groups is 4. The van der Waals surface area contributed by atoms with Crippen LogP contribution in [0, 0.1) is 0 Å². The van der Waals surface area contributed by atoms with Crippen LogP contribution < -0.4 is 5.73 Å². The number of hydrogen-bond acceptors (Lipinski definition) is 9. The van der Waals surface area contributed by atoms with E-state index in [0.29, 0.717) is 10.3 Å². The molecule has 1 aliphatic heterocycles. The Balaban J connectivity index is 2.38. The molecule has 1 aromatic heterocycles. The van der Waals surface area contributed by atoms with Gasteiger partial charge in [-0.15, -0.1) is 0 Å². The summed E-state index contributed by atoms with van der Waals surface area (Å²) in [6, 6.07) is 0. The lowest BCUT2D eigenvalue weighted by Crippen LogP contribution is -2.40. The SMILES string of the molecule is CC(=O)OC[C@H]1O[C@@H](n2cnc(CC(N)=O)c2Br)[C@H](OC(C)=O)[C@@H]1OC(C)=O. The van der Waals surface area contributed by atoms with Gasteiger partial charge in [0.25, 0.3) is 0 Å². The molecule has 2 rings (SSSR count). The Morgan fingerprint density at radius 1 is 1.14 bits per heavy atom. The second-order valence-corrected chi connectivity index (χ2v) is 6.80. The van der Waals surface area contributed by atoms with E-state index in [1.165, 1.54) is 31.7 Å². The summed E-state index contributed by atoms with van der Waals surface area (Å²) in [6.07, 6.45) is -2.69. The molecule has 1 saturated heterocycles. The van der Waals surface area contributed by atoms with Gasteiger partial charge in [-0.05, 0) is 15.9 Å². The fraction of sp³-hybridized carbons (Fsp3) is 0.562. The zero-order chi connectivity index (χ0) is 21.0. The van der Waals surface area contributed by atoms with E-state index in [0.717, 1.165) is 0 Å². The van der Waals surface area contributed by atoms with Gasteiger partial charge in [-0.25, -0.2) is 4.98 Å². The third-order valence-electron chi connectivity index (χ3n) is 3.76. The van der Waals surface area contributed by atoms with Crippen molar-refractivity contribution in [3.05, 3.63) is 16.6 Å². The molecule has 0 saturated carbocycles. The zero-order valence-electron chi connectivity index (χ0n) is 15.4. The summed E-state index contributed by atoms with van der Waals surface area (Å²) in [5, 5.41) is 0. The normalized spacial score (nSPS) is 23.9. The molecule has 0 unspecified atom stereocenters. The predicted octanol–water partition coefficient (Wildman–Crippen LogP) is -0.00270. The molecule has 28 heavy (non-hydrogen) atoms. The van der Waals surface area contributed by atoms with Crippen molar-refractivity contribution < 1.29 is 38.1 Å². The number of hydrogen-bond donors (Lipinski definition) is 1. The van der Waals surface area contributed by atoms with Crippen LogP contribution in [0.15, 0.2) is 10.9 Å². The van der Waals surface area contributed by atoms with E-state index in [4.69, 9.17) is 24.7 Å². The van der Waals surface area contributed by atoms with Gasteiger partial charge in [0, 0.05) is 20.8 Å². The maximum atomic E-state index is 11.6. The molecule has 0 bridgehead atoms. The van der Waals surface area contributed by atoms with E-state index in [-0.39, 0.29) is 13.0 Å². The lowest BCUT2D eigenvalue weighted by Gasteiger charge is -2.24. The van der Waals surface area contributed by atoms with Gasteiger partial charge in [0.2, 0.25) is 5.91 Å². The quantitative estimate of drug-likeness (QED) is 0.436. The van der Waals surface area contributed by atoms with Gasteiger partial charge in [-0.2, -0.15) is 0 Å². The van der Waals surface area contributed by atoms with E-state index in [9.17, 15) is 19.2 Å². The van der Waals surface area contributed by atoms with Crippen molar-refractivity contribution in [1.82, 2.24) is 9.55 Å². The van der Waals surface area contributed by atoms with Crippen LogP contribution in [-0.4, -0.2) is 58.3 Å². The largest absolute Gasteiger partial charge is 0.463 e. The number of rotatable bonds is 7. The molecule has 0 radical (unpaired) electrons. The number of carbonyl (C=O) groups excluding carboxylic acids is 4. The summed E-state index contributed by atoms with van der Waals surface area (Å²) in [5.74, 6) is -2.39. The summed E-state index contributed by atoms with van der Waals surface area (Å²) in [4.78, 5) is 49.6. The van der Waals surface area contributed by atoms with Crippen molar-refractivity contribution in [3.63, 3.8) is 0 Å². The molecule has 1 aromatic rings. The van der Waals surface area contributed by atoms with Gasteiger partial charge >= 0.3 is 17.9 Å². The number of halogens is 1. The van der Waals surface area contributed by atoms with Crippen LogP contribution in [0.3, 0.4) is 0 Å². The summed E-state index contributed by atoms with van der Waals surface area (Å²) in [7, 11) is 0. The predicted molar refractivity (Wildman–Crippen MR) is 94.5 cm³/mol. The molecule has 4 atom stereocenters. The highest BCUT2D eigenvalue weighted by Gasteiger charge is 2.51. The Morgan fingerprint density at radius 2 is 1.75 bits per heavy atom. The van der Waals surface area contributed by atoms with Crippen LogP contribution in [0.2, 0.25) is 0 Å². The van der Waals surface area contributed by atoms with E-state index in [2.05, 4.69) is 20.9 Å². The van der Waals surface area contributed by atoms with Gasteiger partial charge in [-0.1, -0.05) is 0 Å². The fourth-order valence-electron chi connectivity index (χ4n) is 2.76. The van der Waals surface area contributed by atoms with Crippen LogP contribution in [0.1, 0.15) is 32.7 Å². The van der Waals surface area contributed by atoms with E-state index in [1.807, 2.05) is 0 Å². The van der Waals surface area contributed by atoms with Gasteiger partial charge in [0.1, 0.15) is 17.3 Å². The van der Waals surface area contributed by atoms with Gasteiger partial charge in [0.05, 0.1) is 18.4 Å². The Morgan fingerprint density at radius 3 is 2.29 bits per heavy atom. The van der Waals surface area contributed by atoms with Gasteiger partial charge in [0.15, 0.2) is 18.4 Å². The van der Waals surface area contributed by atoms with Crippen molar-refractivity contribution in [2.24, 2.45) is 5.73 Å². The summed E-state index contributed by atoms with van der Waals surface area (Å²) in [6.45, 7) is 3.39. The molecule has 1 amide bonds. The Hall–Kier alpha value is -2.47. The van der Waals surface area contributed by atoms with Gasteiger partial charge < -0.3 is 24.7 Å². The number of imidazole rings is 1. The molecular formula is C16H20BrN3O8. The standard InChI is InChI=1S/C16H20BrN3O8/c1-7(21)25-5-11-13(26-8(2)22)14(27-9(3)23)16(28-11)20-6-19-10(15(20)17)4-12(18)24/h6,11,13-14,16H,4-5H2,1-3H3,(H2,18,24)/t11-,13-,14-,16-/m1/s1. The fourth-order valence-corrected chi connectivity index (χ4v) is 3.30. The molecule has 1 aliphatic rings. The number of aromatic nitrogens is 2. The van der Waals surface area contributed by atoms with E-state index < -0.39 is 48.4 Å². The average molecular weight is 462 g/mol. The third kappa shape index (κ3) is 5.29. The highest BCUT2D eigenvalue weighted by Crippen LogP contribution is 2.36. The number of esters is 3. The molecule has 1 fully saturated rings. The molecule has 154 valence electrons.